The molecule has 0 saturated heterocycles. The Morgan fingerprint density at radius 3 is 2.67 bits per heavy atom. The van der Waals surface area contributed by atoms with Gasteiger partial charge in [-0.1, -0.05) is 21.6 Å². The molecule has 0 aliphatic rings. The van der Waals surface area contributed by atoms with E-state index in [9.17, 15) is 4.79 Å². The van der Waals surface area contributed by atoms with Crippen LogP contribution in [0.1, 0.15) is 6.92 Å². The van der Waals surface area contributed by atoms with Gasteiger partial charge < -0.3 is 18.9 Å². The Hall–Kier alpha value is -0.110. The molecule has 0 aliphatic carbocycles. The zero-order valence-electron chi connectivity index (χ0n) is 8.89. The Labute approximate surface area is 97.6 Å². The summed E-state index contributed by atoms with van der Waals surface area (Å²) in [6.07, 6.45) is 1.28. The lowest BCUT2D eigenvalue weighted by molar-refractivity contribution is -0.116. The van der Waals surface area contributed by atoms with Gasteiger partial charge in [0, 0.05) is 5.75 Å². The van der Waals surface area contributed by atoms with Crippen molar-refractivity contribution in [1.82, 2.24) is 0 Å². The monoisotopic (exact) mass is 256 g/mol. The highest BCUT2D eigenvalue weighted by molar-refractivity contribution is 8.76. The fourth-order valence-electron chi connectivity index (χ4n) is 0.577. The fraction of sp³-hybridized carbons (Fsp3) is 0.875. The number of rotatable bonds is 9. The molecular weight excluding hydrogens is 240 g/mol. The SMILES string of the molecule is CCOC(=O)OCOCOCCSSC. The number of carbonyl (C=O) groups excluding carboxylic acids is 1. The summed E-state index contributed by atoms with van der Waals surface area (Å²) >= 11 is 0. The van der Waals surface area contributed by atoms with Crippen LogP contribution in [0.4, 0.5) is 4.79 Å². The third kappa shape index (κ3) is 11.8. The number of hydrogen-bond acceptors (Lipinski definition) is 7. The average Bonchev–Trinajstić information content (AvgIpc) is 2.22. The molecule has 0 bridgehead atoms. The summed E-state index contributed by atoms with van der Waals surface area (Å²) in [5.41, 5.74) is 0. The molecule has 0 radical (unpaired) electrons. The van der Waals surface area contributed by atoms with E-state index in [0.717, 1.165) is 5.75 Å². The number of carbonyl (C=O) groups is 1. The van der Waals surface area contributed by atoms with E-state index in [0.29, 0.717) is 13.2 Å². The summed E-state index contributed by atoms with van der Waals surface area (Å²) in [6.45, 7) is 2.59. The molecule has 0 amide bonds. The van der Waals surface area contributed by atoms with Gasteiger partial charge in [0.25, 0.3) is 0 Å². The molecule has 0 aromatic heterocycles. The lowest BCUT2D eigenvalue weighted by Crippen LogP contribution is -2.12. The standard InChI is InChI=1S/C8H16O5S2/c1-3-12-8(9)13-7-11-6-10-4-5-15-14-2/h3-7H2,1-2H3. The van der Waals surface area contributed by atoms with Crippen molar-refractivity contribution in [2.24, 2.45) is 0 Å². The Bertz CT molecular complexity index is 156. The number of ether oxygens (including phenoxy) is 4. The van der Waals surface area contributed by atoms with Crippen LogP contribution in [0, 0.1) is 0 Å². The van der Waals surface area contributed by atoms with Gasteiger partial charge in [0.2, 0.25) is 0 Å². The van der Waals surface area contributed by atoms with Crippen molar-refractivity contribution < 1.29 is 23.7 Å². The Balaban J connectivity index is 3.01. The van der Waals surface area contributed by atoms with E-state index in [2.05, 4.69) is 9.47 Å². The molecule has 0 rings (SSSR count). The van der Waals surface area contributed by atoms with Gasteiger partial charge in [-0.15, -0.1) is 0 Å². The van der Waals surface area contributed by atoms with Crippen molar-refractivity contribution in [2.45, 2.75) is 6.92 Å². The van der Waals surface area contributed by atoms with Crippen LogP contribution in [-0.4, -0.2) is 45.0 Å². The maximum absolute atomic E-state index is 10.6. The molecule has 0 atom stereocenters. The molecule has 0 unspecified atom stereocenters. The molecule has 0 N–H and O–H groups in total. The van der Waals surface area contributed by atoms with Crippen molar-refractivity contribution in [2.75, 3.05) is 38.8 Å². The summed E-state index contributed by atoms with van der Waals surface area (Å²) < 4.78 is 19.0. The van der Waals surface area contributed by atoms with Crippen LogP contribution in [0.2, 0.25) is 0 Å². The van der Waals surface area contributed by atoms with E-state index in [4.69, 9.17) is 9.47 Å². The summed E-state index contributed by atoms with van der Waals surface area (Å²) in [5, 5.41) is 0. The van der Waals surface area contributed by atoms with Crippen LogP contribution in [0.25, 0.3) is 0 Å². The molecule has 7 heteroatoms. The quantitative estimate of drug-likeness (QED) is 0.271. The lowest BCUT2D eigenvalue weighted by Gasteiger charge is -2.06. The van der Waals surface area contributed by atoms with E-state index in [1.807, 2.05) is 6.26 Å². The second-order valence-corrected chi connectivity index (χ2v) is 4.85. The summed E-state index contributed by atoms with van der Waals surface area (Å²) in [5.74, 6) is 0.906. The first kappa shape index (κ1) is 14.9. The maximum Gasteiger partial charge on any atom is 0.510 e. The third-order valence-electron chi connectivity index (χ3n) is 1.12. The van der Waals surface area contributed by atoms with Crippen LogP contribution < -0.4 is 0 Å². The normalized spacial score (nSPS) is 10.0. The molecule has 0 heterocycles. The highest BCUT2D eigenvalue weighted by Gasteiger charge is 2.00. The van der Waals surface area contributed by atoms with Gasteiger partial charge in [-0.25, -0.2) is 4.79 Å². The zero-order valence-corrected chi connectivity index (χ0v) is 10.5. The second kappa shape index (κ2) is 12.0. The topological polar surface area (TPSA) is 54.0 Å². The molecule has 0 aliphatic heterocycles. The van der Waals surface area contributed by atoms with Crippen molar-refractivity contribution in [3.05, 3.63) is 0 Å². The highest BCUT2D eigenvalue weighted by atomic mass is 33.1. The molecule has 0 aromatic carbocycles. The van der Waals surface area contributed by atoms with E-state index in [-0.39, 0.29) is 13.6 Å². The minimum atomic E-state index is -0.726. The predicted molar refractivity (Wildman–Crippen MR) is 60.9 cm³/mol. The first-order valence-electron chi connectivity index (χ1n) is 4.42. The number of hydrogen-bond donors (Lipinski definition) is 0. The molecule has 0 fully saturated rings. The second-order valence-electron chi connectivity index (χ2n) is 2.16. The van der Waals surface area contributed by atoms with E-state index >= 15 is 0 Å². The average molecular weight is 256 g/mol. The van der Waals surface area contributed by atoms with Crippen molar-refractivity contribution in [1.29, 1.82) is 0 Å². The predicted octanol–water partition coefficient (Wildman–Crippen LogP) is 2.12. The van der Waals surface area contributed by atoms with Gasteiger partial charge in [-0.05, 0) is 13.2 Å². The molecule has 90 valence electrons. The van der Waals surface area contributed by atoms with Crippen LogP contribution in [0.5, 0.6) is 0 Å². The minimum absolute atomic E-state index is 0.119. The van der Waals surface area contributed by atoms with Crippen LogP contribution >= 0.6 is 21.6 Å². The molecular formula is C8H16O5S2. The molecule has 5 nitrogen and oxygen atoms in total. The van der Waals surface area contributed by atoms with E-state index in [1.54, 1.807) is 28.5 Å². The summed E-state index contributed by atoms with van der Waals surface area (Å²) in [6, 6.07) is 0. The third-order valence-corrected chi connectivity index (χ3v) is 2.89. The van der Waals surface area contributed by atoms with Gasteiger partial charge >= 0.3 is 6.16 Å². The highest BCUT2D eigenvalue weighted by Crippen LogP contribution is 2.15. The minimum Gasteiger partial charge on any atom is -0.435 e. The maximum atomic E-state index is 10.6. The van der Waals surface area contributed by atoms with Gasteiger partial charge in [-0.2, -0.15) is 0 Å². The Morgan fingerprint density at radius 2 is 2.00 bits per heavy atom. The summed E-state index contributed by atoms with van der Waals surface area (Å²) in [4.78, 5) is 10.6. The van der Waals surface area contributed by atoms with Gasteiger partial charge in [0.15, 0.2) is 13.6 Å². The van der Waals surface area contributed by atoms with Crippen molar-refractivity contribution in [3.8, 4) is 0 Å². The summed E-state index contributed by atoms with van der Waals surface area (Å²) in [7, 11) is 3.40. The molecule has 0 spiro atoms. The van der Waals surface area contributed by atoms with Crippen LogP contribution in [-0.2, 0) is 18.9 Å². The van der Waals surface area contributed by atoms with Crippen LogP contribution in [0.15, 0.2) is 0 Å². The Kier molecular flexibility index (Phi) is 11.9. The fourth-order valence-corrected chi connectivity index (χ4v) is 1.63. The van der Waals surface area contributed by atoms with Gasteiger partial charge in [0.1, 0.15) is 0 Å². The van der Waals surface area contributed by atoms with E-state index in [1.165, 1.54) is 0 Å². The molecule has 15 heavy (non-hydrogen) atoms. The Morgan fingerprint density at radius 1 is 1.20 bits per heavy atom. The lowest BCUT2D eigenvalue weighted by atomic mass is 10.9. The smallest absolute Gasteiger partial charge is 0.435 e. The largest absolute Gasteiger partial charge is 0.510 e. The molecule has 0 saturated carbocycles. The van der Waals surface area contributed by atoms with Crippen LogP contribution in [0.3, 0.4) is 0 Å². The van der Waals surface area contributed by atoms with Crippen molar-refractivity contribution in [3.63, 3.8) is 0 Å². The first-order valence-corrected chi connectivity index (χ1v) is 7.14. The first-order chi connectivity index (χ1) is 7.31. The van der Waals surface area contributed by atoms with E-state index < -0.39 is 6.16 Å². The molecule has 0 aromatic rings. The van der Waals surface area contributed by atoms with Crippen molar-refractivity contribution >= 4 is 27.7 Å². The zero-order chi connectivity index (χ0) is 11.4. The van der Waals surface area contributed by atoms with Gasteiger partial charge in [-0.3, -0.25) is 0 Å². The van der Waals surface area contributed by atoms with Gasteiger partial charge in [0.05, 0.1) is 13.2 Å².